The van der Waals surface area contributed by atoms with Crippen LogP contribution in [0.2, 0.25) is 0 Å². The fraction of sp³-hybridized carbons (Fsp3) is 0.429. The highest BCUT2D eigenvalue weighted by atomic mass is 16.1. The Hall–Kier alpha value is -1.48. The number of hydrogen-bond donors (Lipinski definition) is 0. The quantitative estimate of drug-likeness (QED) is 0.585. The van der Waals surface area contributed by atoms with E-state index in [-0.39, 0.29) is 11.7 Å². The summed E-state index contributed by atoms with van der Waals surface area (Å²) in [7, 11) is 0. The predicted molar refractivity (Wildman–Crippen MR) is 66.0 cm³/mol. The molecule has 90 valence electrons. The first-order chi connectivity index (χ1) is 8.29. The lowest BCUT2D eigenvalue weighted by Gasteiger charge is -2.28. The van der Waals surface area contributed by atoms with Crippen LogP contribution < -0.4 is 0 Å². The highest BCUT2D eigenvalue weighted by molar-refractivity contribution is 5.97. The van der Waals surface area contributed by atoms with Crippen LogP contribution in [0.1, 0.15) is 23.2 Å². The van der Waals surface area contributed by atoms with E-state index in [2.05, 4.69) is 4.90 Å². The SMILES string of the molecule is O=CC1CCN(CC(=O)c2ccccc2)CC1. The van der Waals surface area contributed by atoms with Crippen molar-refractivity contribution < 1.29 is 9.59 Å². The standard InChI is InChI=1S/C14H17NO2/c16-11-12-6-8-15(9-7-12)10-14(17)13-4-2-1-3-5-13/h1-5,11-12H,6-10H2. The van der Waals surface area contributed by atoms with E-state index in [9.17, 15) is 9.59 Å². The Morgan fingerprint density at radius 3 is 2.47 bits per heavy atom. The van der Waals surface area contributed by atoms with Gasteiger partial charge in [-0.05, 0) is 25.9 Å². The fourth-order valence-electron chi connectivity index (χ4n) is 2.17. The minimum atomic E-state index is 0.162. The number of carbonyl (C=O) groups is 2. The molecule has 0 aromatic heterocycles. The van der Waals surface area contributed by atoms with Crippen molar-refractivity contribution in [2.45, 2.75) is 12.8 Å². The summed E-state index contributed by atoms with van der Waals surface area (Å²) in [6.45, 7) is 2.17. The van der Waals surface area contributed by atoms with Crippen LogP contribution in [0.3, 0.4) is 0 Å². The van der Waals surface area contributed by atoms with Crippen LogP contribution in [0.25, 0.3) is 0 Å². The zero-order chi connectivity index (χ0) is 12.1. The van der Waals surface area contributed by atoms with Gasteiger partial charge >= 0.3 is 0 Å². The maximum Gasteiger partial charge on any atom is 0.176 e. The summed E-state index contributed by atoms with van der Waals surface area (Å²) in [5, 5.41) is 0. The molecule has 1 aliphatic heterocycles. The average Bonchev–Trinajstić information content (AvgIpc) is 2.40. The molecule has 0 spiro atoms. The zero-order valence-electron chi connectivity index (χ0n) is 9.84. The van der Waals surface area contributed by atoms with E-state index < -0.39 is 0 Å². The van der Waals surface area contributed by atoms with E-state index in [1.807, 2.05) is 30.3 Å². The van der Waals surface area contributed by atoms with Gasteiger partial charge in [-0.25, -0.2) is 0 Å². The molecule has 1 aliphatic rings. The lowest BCUT2D eigenvalue weighted by Crippen LogP contribution is -2.37. The van der Waals surface area contributed by atoms with Gasteiger partial charge < -0.3 is 4.79 Å². The Balaban J connectivity index is 1.86. The topological polar surface area (TPSA) is 37.4 Å². The molecule has 0 saturated carbocycles. The van der Waals surface area contributed by atoms with Crippen LogP contribution in [0.4, 0.5) is 0 Å². The molecule has 0 atom stereocenters. The second kappa shape index (κ2) is 5.73. The molecule has 0 bridgehead atoms. The molecule has 0 radical (unpaired) electrons. The van der Waals surface area contributed by atoms with Crippen molar-refractivity contribution in [1.29, 1.82) is 0 Å². The molecule has 1 aromatic carbocycles. The molecule has 3 heteroatoms. The third-order valence-corrected chi connectivity index (χ3v) is 3.29. The summed E-state index contributed by atoms with van der Waals surface area (Å²) >= 11 is 0. The van der Waals surface area contributed by atoms with Gasteiger partial charge in [0.25, 0.3) is 0 Å². The first-order valence-electron chi connectivity index (χ1n) is 6.05. The molecule has 1 saturated heterocycles. The predicted octanol–water partition coefficient (Wildman–Crippen LogP) is 1.78. The number of piperidine rings is 1. The van der Waals surface area contributed by atoms with E-state index in [0.717, 1.165) is 37.8 Å². The van der Waals surface area contributed by atoms with Crippen molar-refractivity contribution in [3.63, 3.8) is 0 Å². The van der Waals surface area contributed by atoms with E-state index in [1.54, 1.807) is 0 Å². The first-order valence-corrected chi connectivity index (χ1v) is 6.05. The number of Topliss-reactive ketones (excluding diaryl/α,β-unsaturated/α-hetero) is 1. The van der Waals surface area contributed by atoms with Gasteiger partial charge in [-0.15, -0.1) is 0 Å². The van der Waals surface area contributed by atoms with Gasteiger partial charge in [0.1, 0.15) is 6.29 Å². The first kappa shape index (κ1) is 12.0. The molecule has 2 rings (SSSR count). The summed E-state index contributed by atoms with van der Waals surface area (Å²) < 4.78 is 0. The normalized spacial score (nSPS) is 17.9. The maximum atomic E-state index is 12.0. The summed E-state index contributed by atoms with van der Waals surface area (Å²) in [4.78, 5) is 24.7. The molecule has 17 heavy (non-hydrogen) atoms. The van der Waals surface area contributed by atoms with E-state index in [0.29, 0.717) is 6.54 Å². The largest absolute Gasteiger partial charge is 0.303 e. The van der Waals surface area contributed by atoms with Gasteiger partial charge in [0.05, 0.1) is 6.54 Å². The number of carbonyl (C=O) groups excluding carboxylic acids is 2. The molecule has 0 amide bonds. The lowest BCUT2D eigenvalue weighted by atomic mass is 9.98. The van der Waals surface area contributed by atoms with Crippen LogP contribution in [-0.4, -0.2) is 36.6 Å². The average molecular weight is 231 g/mol. The Morgan fingerprint density at radius 2 is 1.88 bits per heavy atom. The number of ketones is 1. The summed E-state index contributed by atoms with van der Waals surface area (Å²) in [6, 6.07) is 9.37. The van der Waals surface area contributed by atoms with Gasteiger partial charge in [0.2, 0.25) is 0 Å². The molecule has 1 fully saturated rings. The zero-order valence-corrected chi connectivity index (χ0v) is 9.84. The Labute approximate surface area is 101 Å². The molecule has 0 aliphatic carbocycles. The molecular formula is C14H17NO2. The van der Waals surface area contributed by atoms with E-state index in [1.165, 1.54) is 0 Å². The van der Waals surface area contributed by atoms with Gasteiger partial charge in [-0.3, -0.25) is 9.69 Å². The summed E-state index contributed by atoms with van der Waals surface area (Å²) in [5.41, 5.74) is 0.769. The van der Waals surface area contributed by atoms with Crippen molar-refractivity contribution in [2.75, 3.05) is 19.6 Å². The van der Waals surface area contributed by atoms with Crippen molar-refractivity contribution in [1.82, 2.24) is 4.90 Å². The van der Waals surface area contributed by atoms with Crippen LogP contribution in [-0.2, 0) is 4.79 Å². The van der Waals surface area contributed by atoms with E-state index in [4.69, 9.17) is 0 Å². The molecule has 3 nitrogen and oxygen atoms in total. The van der Waals surface area contributed by atoms with Crippen LogP contribution in [0.5, 0.6) is 0 Å². The number of nitrogens with zero attached hydrogens (tertiary/aromatic N) is 1. The van der Waals surface area contributed by atoms with Gasteiger partial charge in [-0.2, -0.15) is 0 Å². The van der Waals surface area contributed by atoms with Crippen LogP contribution in [0, 0.1) is 5.92 Å². The minimum absolute atomic E-state index is 0.162. The number of likely N-dealkylation sites (tertiary alicyclic amines) is 1. The minimum Gasteiger partial charge on any atom is -0.303 e. The second-order valence-corrected chi connectivity index (χ2v) is 4.54. The smallest absolute Gasteiger partial charge is 0.176 e. The lowest BCUT2D eigenvalue weighted by molar-refractivity contribution is -0.112. The number of benzene rings is 1. The highest BCUT2D eigenvalue weighted by Crippen LogP contribution is 2.15. The molecule has 1 aromatic rings. The molecule has 0 unspecified atom stereocenters. The van der Waals surface area contributed by atoms with Crippen molar-refractivity contribution in [2.24, 2.45) is 5.92 Å². The third-order valence-electron chi connectivity index (χ3n) is 3.29. The fourth-order valence-corrected chi connectivity index (χ4v) is 2.17. The highest BCUT2D eigenvalue weighted by Gasteiger charge is 2.20. The summed E-state index contributed by atoms with van der Waals surface area (Å²) in [5.74, 6) is 0.355. The number of aldehydes is 1. The summed E-state index contributed by atoms with van der Waals surface area (Å²) in [6.07, 6.45) is 2.80. The van der Waals surface area contributed by atoms with Crippen molar-refractivity contribution in [3.8, 4) is 0 Å². The van der Waals surface area contributed by atoms with Crippen LogP contribution in [0.15, 0.2) is 30.3 Å². The van der Waals surface area contributed by atoms with Crippen molar-refractivity contribution in [3.05, 3.63) is 35.9 Å². The Morgan fingerprint density at radius 1 is 1.24 bits per heavy atom. The number of hydrogen-bond acceptors (Lipinski definition) is 3. The van der Waals surface area contributed by atoms with Gasteiger partial charge in [-0.1, -0.05) is 30.3 Å². The Kier molecular flexibility index (Phi) is 4.04. The molecule has 0 N–H and O–H groups in total. The molecule has 1 heterocycles. The van der Waals surface area contributed by atoms with Crippen molar-refractivity contribution >= 4 is 12.1 Å². The van der Waals surface area contributed by atoms with E-state index >= 15 is 0 Å². The van der Waals surface area contributed by atoms with Gasteiger partial charge in [0.15, 0.2) is 5.78 Å². The maximum absolute atomic E-state index is 12.0. The number of rotatable bonds is 4. The third kappa shape index (κ3) is 3.24. The molecular weight excluding hydrogens is 214 g/mol. The Bertz CT molecular complexity index is 380. The van der Waals surface area contributed by atoms with Crippen LogP contribution >= 0.6 is 0 Å². The monoisotopic (exact) mass is 231 g/mol. The second-order valence-electron chi connectivity index (χ2n) is 4.54. The van der Waals surface area contributed by atoms with Gasteiger partial charge in [0, 0.05) is 11.5 Å².